The average molecular weight is 668 g/mol. The zero-order chi connectivity index (χ0) is 34.4. The summed E-state index contributed by atoms with van der Waals surface area (Å²) in [6, 6.07) is 15.5. The number of benzene rings is 2. The SMILES string of the molecule is CCCCCCCCN(CCCCCCCC)C[C@H]1C[C@@H](c2ccc(CO)cc2)O[C@@H](c2cccc(NC(=O)CCCC(=O)NO)c2)O1. The third kappa shape index (κ3) is 15.2. The third-order valence-corrected chi connectivity index (χ3v) is 9.11. The largest absolute Gasteiger partial charge is 0.392 e. The van der Waals surface area contributed by atoms with E-state index in [-0.39, 0.29) is 37.6 Å². The molecule has 2 aromatic rings. The number of rotatable bonds is 24. The topological polar surface area (TPSA) is 120 Å². The van der Waals surface area contributed by atoms with Gasteiger partial charge in [-0.3, -0.25) is 14.8 Å². The van der Waals surface area contributed by atoms with E-state index < -0.39 is 12.2 Å². The molecule has 0 spiro atoms. The Bertz CT molecular complexity index is 1160. The summed E-state index contributed by atoms with van der Waals surface area (Å²) >= 11 is 0. The molecule has 3 rings (SSSR count). The maximum atomic E-state index is 12.6. The Kier molecular flexibility index (Phi) is 19.4. The highest BCUT2D eigenvalue weighted by Gasteiger charge is 2.33. The van der Waals surface area contributed by atoms with Crippen molar-refractivity contribution in [3.63, 3.8) is 0 Å². The van der Waals surface area contributed by atoms with Gasteiger partial charge in [0.1, 0.15) is 0 Å². The van der Waals surface area contributed by atoms with Crippen LogP contribution in [0, 0.1) is 0 Å². The number of ether oxygens (including phenoxy) is 2. The highest BCUT2D eigenvalue weighted by Crippen LogP contribution is 2.38. The fourth-order valence-corrected chi connectivity index (χ4v) is 6.30. The molecule has 4 N–H and O–H groups in total. The summed E-state index contributed by atoms with van der Waals surface area (Å²) in [4.78, 5) is 26.5. The lowest BCUT2D eigenvalue weighted by atomic mass is 9.99. The van der Waals surface area contributed by atoms with Gasteiger partial charge in [0, 0.05) is 37.1 Å². The quantitative estimate of drug-likeness (QED) is 0.0504. The summed E-state index contributed by atoms with van der Waals surface area (Å²) in [5.41, 5.74) is 4.97. The first-order chi connectivity index (χ1) is 23.4. The molecule has 0 aliphatic carbocycles. The number of nitrogens with one attached hydrogen (secondary N) is 2. The summed E-state index contributed by atoms with van der Waals surface area (Å²) < 4.78 is 13.3. The smallest absolute Gasteiger partial charge is 0.243 e. The van der Waals surface area contributed by atoms with Crippen LogP contribution in [0.2, 0.25) is 0 Å². The average Bonchev–Trinajstić information content (AvgIpc) is 3.11. The van der Waals surface area contributed by atoms with Crippen molar-refractivity contribution in [1.82, 2.24) is 10.4 Å². The second-order valence-corrected chi connectivity index (χ2v) is 13.2. The van der Waals surface area contributed by atoms with Crippen LogP contribution in [0.25, 0.3) is 0 Å². The van der Waals surface area contributed by atoms with Crippen molar-refractivity contribution >= 4 is 17.5 Å². The van der Waals surface area contributed by atoms with Crippen molar-refractivity contribution in [2.75, 3.05) is 25.0 Å². The van der Waals surface area contributed by atoms with E-state index in [4.69, 9.17) is 14.7 Å². The zero-order valence-electron chi connectivity index (χ0n) is 29.5. The van der Waals surface area contributed by atoms with Crippen LogP contribution in [0.3, 0.4) is 0 Å². The monoisotopic (exact) mass is 667 g/mol. The van der Waals surface area contributed by atoms with Crippen LogP contribution in [0.15, 0.2) is 48.5 Å². The molecule has 9 heteroatoms. The van der Waals surface area contributed by atoms with E-state index in [9.17, 15) is 14.7 Å². The minimum Gasteiger partial charge on any atom is -0.392 e. The number of aliphatic hydroxyl groups excluding tert-OH is 1. The summed E-state index contributed by atoms with van der Waals surface area (Å²) in [5.74, 6) is -0.716. The van der Waals surface area contributed by atoms with Gasteiger partial charge in [-0.25, -0.2) is 5.48 Å². The second-order valence-electron chi connectivity index (χ2n) is 13.2. The van der Waals surface area contributed by atoms with Gasteiger partial charge in [-0.2, -0.15) is 0 Å². The minimum absolute atomic E-state index is 0.000836. The first kappa shape index (κ1) is 39.6. The van der Waals surface area contributed by atoms with Gasteiger partial charge in [-0.1, -0.05) is 114 Å². The molecule has 1 fully saturated rings. The van der Waals surface area contributed by atoms with Crippen LogP contribution >= 0.6 is 0 Å². The van der Waals surface area contributed by atoms with Crippen molar-refractivity contribution in [2.24, 2.45) is 0 Å². The number of hydrogen-bond acceptors (Lipinski definition) is 7. The number of carbonyl (C=O) groups is 2. The van der Waals surface area contributed by atoms with Crippen LogP contribution in [0.4, 0.5) is 5.69 Å². The first-order valence-corrected chi connectivity index (χ1v) is 18.5. The van der Waals surface area contributed by atoms with Gasteiger partial charge in [0.15, 0.2) is 6.29 Å². The normalized spacial score (nSPS) is 17.8. The van der Waals surface area contributed by atoms with E-state index in [0.717, 1.165) is 42.7 Å². The fraction of sp³-hybridized carbons (Fsp3) is 0.641. The predicted octanol–water partition coefficient (Wildman–Crippen LogP) is 8.36. The van der Waals surface area contributed by atoms with Crippen molar-refractivity contribution in [1.29, 1.82) is 0 Å². The van der Waals surface area contributed by atoms with Crippen LogP contribution in [-0.4, -0.2) is 52.8 Å². The Balaban J connectivity index is 1.72. The molecule has 48 heavy (non-hydrogen) atoms. The lowest BCUT2D eigenvalue weighted by Gasteiger charge is -2.38. The molecule has 0 saturated carbocycles. The number of nitrogens with zero attached hydrogens (tertiary/aromatic N) is 1. The van der Waals surface area contributed by atoms with Crippen molar-refractivity contribution < 1.29 is 29.4 Å². The van der Waals surface area contributed by atoms with Gasteiger partial charge in [-0.05, 0) is 55.6 Å². The first-order valence-electron chi connectivity index (χ1n) is 18.5. The Morgan fingerprint density at radius 1 is 0.771 bits per heavy atom. The van der Waals surface area contributed by atoms with Gasteiger partial charge in [0.05, 0.1) is 18.8 Å². The lowest BCUT2D eigenvalue weighted by Crippen LogP contribution is -2.40. The maximum absolute atomic E-state index is 12.6. The zero-order valence-corrected chi connectivity index (χ0v) is 29.5. The molecule has 1 aliphatic heterocycles. The molecule has 1 saturated heterocycles. The lowest BCUT2D eigenvalue weighted by molar-refractivity contribution is -0.253. The molecule has 2 aromatic carbocycles. The summed E-state index contributed by atoms with van der Waals surface area (Å²) in [6.45, 7) is 7.50. The van der Waals surface area contributed by atoms with Crippen molar-refractivity contribution in [3.05, 3.63) is 65.2 Å². The van der Waals surface area contributed by atoms with Crippen LogP contribution in [-0.2, 0) is 25.7 Å². The number of unbranched alkanes of at least 4 members (excludes halogenated alkanes) is 10. The molecule has 0 aromatic heterocycles. The summed E-state index contributed by atoms with van der Waals surface area (Å²) in [7, 11) is 0. The molecule has 268 valence electrons. The number of carbonyl (C=O) groups excluding carboxylic acids is 2. The van der Waals surface area contributed by atoms with Crippen LogP contribution in [0.1, 0.15) is 146 Å². The molecule has 9 nitrogen and oxygen atoms in total. The van der Waals surface area contributed by atoms with E-state index >= 15 is 0 Å². The Labute approximate surface area is 288 Å². The van der Waals surface area contributed by atoms with Gasteiger partial charge >= 0.3 is 0 Å². The summed E-state index contributed by atoms with van der Waals surface area (Å²) in [6.07, 6.45) is 15.8. The second kappa shape index (κ2) is 23.5. The number of anilines is 1. The molecule has 0 bridgehead atoms. The van der Waals surface area contributed by atoms with E-state index in [1.807, 2.05) is 48.5 Å². The van der Waals surface area contributed by atoms with Crippen molar-refractivity contribution in [3.8, 4) is 0 Å². The predicted molar refractivity (Wildman–Crippen MR) is 190 cm³/mol. The van der Waals surface area contributed by atoms with E-state index in [1.54, 1.807) is 5.48 Å². The molecule has 0 radical (unpaired) electrons. The fourth-order valence-electron chi connectivity index (χ4n) is 6.30. The Morgan fingerprint density at radius 3 is 2.02 bits per heavy atom. The number of hydrogen-bond donors (Lipinski definition) is 4. The highest BCUT2D eigenvalue weighted by molar-refractivity contribution is 5.91. The standard InChI is InChI=1S/C39H61N3O6/c1-3-5-7-9-11-13-25-42(26-14-12-10-8-6-4-2)29-35-28-36(32-23-21-31(30-43)22-24-32)48-39(47-35)33-17-15-18-34(27-33)40-37(44)19-16-20-38(45)41-46/h15,17-18,21-24,27,35-36,39,43,46H,3-14,16,19-20,25-26,28-30H2,1-2H3,(H,40,44)(H,41,45)/t35-,36+,39+/m1/s1. The van der Waals surface area contributed by atoms with Gasteiger partial charge in [0.2, 0.25) is 11.8 Å². The van der Waals surface area contributed by atoms with E-state index in [0.29, 0.717) is 12.1 Å². The maximum Gasteiger partial charge on any atom is 0.243 e. The number of hydroxylamine groups is 1. The van der Waals surface area contributed by atoms with Gasteiger partial charge < -0.3 is 24.8 Å². The minimum atomic E-state index is -0.610. The molecule has 3 atom stereocenters. The van der Waals surface area contributed by atoms with Crippen LogP contribution < -0.4 is 10.8 Å². The van der Waals surface area contributed by atoms with E-state index in [2.05, 4.69) is 24.1 Å². The third-order valence-electron chi connectivity index (χ3n) is 9.11. The summed E-state index contributed by atoms with van der Waals surface area (Å²) in [5, 5.41) is 21.2. The highest BCUT2D eigenvalue weighted by atomic mass is 16.7. The Morgan fingerprint density at radius 2 is 1.40 bits per heavy atom. The van der Waals surface area contributed by atoms with Gasteiger partial charge in [-0.15, -0.1) is 0 Å². The molecule has 0 unspecified atom stereocenters. The molecular formula is C39H61N3O6. The number of amides is 2. The Hall–Kier alpha value is -2.82. The molecule has 1 aliphatic rings. The van der Waals surface area contributed by atoms with Gasteiger partial charge in [0.25, 0.3) is 0 Å². The van der Waals surface area contributed by atoms with Crippen LogP contribution in [0.5, 0.6) is 0 Å². The molecule has 2 amide bonds. The molecular weight excluding hydrogens is 606 g/mol. The molecule has 1 heterocycles. The van der Waals surface area contributed by atoms with Crippen molar-refractivity contribution in [2.45, 2.75) is 142 Å². The van der Waals surface area contributed by atoms with E-state index in [1.165, 1.54) is 77.0 Å². The number of aliphatic hydroxyl groups is 1.